The van der Waals surface area contributed by atoms with Crippen molar-refractivity contribution < 1.29 is 19.1 Å². The minimum absolute atomic E-state index is 0.218. The van der Waals surface area contributed by atoms with Crippen molar-refractivity contribution >= 4 is 17.7 Å². The monoisotopic (exact) mass is 410 g/mol. The van der Waals surface area contributed by atoms with Crippen LogP contribution in [0.1, 0.15) is 11.3 Å². The number of carbonyl (C=O) groups is 3. The quantitative estimate of drug-likeness (QED) is 0.580. The van der Waals surface area contributed by atoms with Gasteiger partial charge in [-0.1, -0.05) is 36.4 Å². The van der Waals surface area contributed by atoms with Crippen LogP contribution in [0.2, 0.25) is 0 Å². The zero-order chi connectivity index (χ0) is 21.5. The summed E-state index contributed by atoms with van der Waals surface area (Å²) in [5.74, 6) is -1.02. The average molecular weight is 410 g/mol. The highest BCUT2D eigenvalue weighted by Gasteiger charge is 2.50. The largest absolute Gasteiger partial charge is 0.353 e. The molecule has 0 aliphatic carbocycles. The maximum absolute atomic E-state index is 12.5. The van der Waals surface area contributed by atoms with E-state index in [1.807, 2.05) is 48.5 Å². The van der Waals surface area contributed by atoms with Gasteiger partial charge in [0.2, 0.25) is 5.91 Å². The number of nitrogens with one attached hydrogen (secondary N) is 2. The molecule has 1 fully saturated rings. The fourth-order valence-corrected chi connectivity index (χ4v) is 3.09. The summed E-state index contributed by atoms with van der Waals surface area (Å²) in [6.45, 7) is 0.403. The van der Waals surface area contributed by atoms with Gasteiger partial charge in [-0.25, -0.2) is 0 Å². The summed E-state index contributed by atoms with van der Waals surface area (Å²) in [6.07, 6.45) is 0.931. The molecule has 1 saturated heterocycles. The first-order valence-corrected chi connectivity index (χ1v) is 9.84. The molecular weight excluding hydrogens is 384 g/mol. The number of epoxide rings is 1. The van der Waals surface area contributed by atoms with Crippen molar-refractivity contribution in [2.45, 2.75) is 31.1 Å². The summed E-state index contributed by atoms with van der Waals surface area (Å²) in [5.41, 5.74) is 1.80. The first-order chi connectivity index (χ1) is 14.5. The van der Waals surface area contributed by atoms with Crippen LogP contribution in [0.5, 0.6) is 0 Å². The first-order valence-electron chi connectivity index (χ1n) is 9.84. The number of carbonyl (C=O) groups excluding carboxylic acids is 3. The molecule has 1 aromatic carbocycles. The smallest absolute Gasteiger partial charge is 0.253 e. The van der Waals surface area contributed by atoms with Crippen molar-refractivity contribution in [3.05, 3.63) is 66.0 Å². The Balaban J connectivity index is 1.50. The van der Waals surface area contributed by atoms with Crippen molar-refractivity contribution in [2.24, 2.45) is 0 Å². The molecule has 8 nitrogen and oxygen atoms in total. The summed E-state index contributed by atoms with van der Waals surface area (Å²) in [5, 5.41) is 5.48. The highest BCUT2D eigenvalue weighted by Crippen LogP contribution is 2.22. The fraction of sp³-hybridized carbons (Fsp3) is 0.364. The van der Waals surface area contributed by atoms with Crippen molar-refractivity contribution in [1.82, 2.24) is 20.5 Å². The Morgan fingerprint density at radius 3 is 2.40 bits per heavy atom. The Kier molecular flexibility index (Phi) is 7.13. The molecule has 0 unspecified atom stereocenters. The van der Waals surface area contributed by atoms with Gasteiger partial charge in [0.15, 0.2) is 12.2 Å². The van der Waals surface area contributed by atoms with E-state index in [0.717, 1.165) is 11.3 Å². The van der Waals surface area contributed by atoms with Crippen LogP contribution >= 0.6 is 0 Å². The van der Waals surface area contributed by atoms with Gasteiger partial charge < -0.3 is 20.3 Å². The lowest BCUT2D eigenvalue weighted by Crippen LogP contribution is -2.49. The summed E-state index contributed by atoms with van der Waals surface area (Å²) in [6, 6.07) is 14.3. The van der Waals surface area contributed by atoms with Crippen molar-refractivity contribution in [3.8, 4) is 0 Å². The van der Waals surface area contributed by atoms with E-state index < -0.39 is 24.2 Å². The number of aromatic nitrogens is 1. The summed E-state index contributed by atoms with van der Waals surface area (Å²) >= 11 is 0. The number of hydrogen-bond donors (Lipinski definition) is 2. The molecule has 158 valence electrons. The van der Waals surface area contributed by atoms with Crippen LogP contribution in [0, 0.1) is 0 Å². The number of pyridine rings is 1. The van der Waals surface area contributed by atoms with E-state index in [1.54, 1.807) is 20.3 Å². The molecule has 0 spiro atoms. The molecule has 1 aliphatic rings. The lowest BCUT2D eigenvalue weighted by Gasteiger charge is -2.21. The number of ether oxygens (including phenoxy) is 1. The number of rotatable bonds is 9. The van der Waals surface area contributed by atoms with Crippen molar-refractivity contribution in [2.75, 3.05) is 20.6 Å². The molecule has 2 heterocycles. The minimum Gasteiger partial charge on any atom is -0.353 e. The number of amides is 3. The molecule has 3 atom stereocenters. The highest BCUT2D eigenvalue weighted by atomic mass is 16.6. The van der Waals surface area contributed by atoms with E-state index in [-0.39, 0.29) is 11.8 Å². The Hall–Kier alpha value is -3.26. The lowest BCUT2D eigenvalue weighted by molar-refractivity contribution is -0.134. The van der Waals surface area contributed by atoms with Crippen LogP contribution < -0.4 is 10.6 Å². The molecule has 2 N–H and O–H groups in total. The molecule has 0 bridgehead atoms. The molecule has 8 heteroatoms. The lowest BCUT2D eigenvalue weighted by atomic mass is 10.0. The van der Waals surface area contributed by atoms with Gasteiger partial charge in [0, 0.05) is 45.4 Å². The van der Waals surface area contributed by atoms with Gasteiger partial charge in [0.1, 0.15) is 6.04 Å². The van der Waals surface area contributed by atoms with E-state index in [2.05, 4.69) is 15.6 Å². The van der Waals surface area contributed by atoms with Gasteiger partial charge in [-0.15, -0.1) is 0 Å². The molecule has 30 heavy (non-hydrogen) atoms. The second-order valence-corrected chi connectivity index (χ2v) is 7.32. The topological polar surface area (TPSA) is 104 Å². The number of nitrogens with zero attached hydrogens (tertiary/aromatic N) is 2. The van der Waals surface area contributed by atoms with Crippen LogP contribution in [0.15, 0.2) is 54.7 Å². The first kappa shape index (κ1) is 21.4. The minimum atomic E-state index is -0.881. The third kappa shape index (κ3) is 5.87. The van der Waals surface area contributed by atoms with Crippen molar-refractivity contribution in [1.29, 1.82) is 0 Å². The van der Waals surface area contributed by atoms with Crippen LogP contribution in [0.4, 0.5) is 0 Å². The second kappa shape index (κ2) is 9.98. The van der Waals surface area contributed by atoms with Crippen LogP contribution in [-0.4, -0.2) is 66.5 Å². The molecule has 3 amide bonds. The van der Waals surface area contributed by atoms with Gasteiger partial charge in [0.05, 0.1) is 0 Å². The Morgan fingerprint density at radius 2 is 1.73 bits per heavy atom. The molecule has 0 radical (unpaired) electrons. The Labute approximate surface area is 175 Å². The predicted octanol–water partition coefficient (Wildman–Crippen LogP) is 0.323. The fourth-order valence-electron chi connectivity index (χ4n) is 3.09. The number of benzene rings is 1. The van der Waals surface area contributed by atoms with Crippen LogP contribution in [0.25, 0.3) is 0 Å². The molecule has 2 aromatic rings. The zero-order valence-electron chi connectivity index (χ0n) is 17.1. The average Bonchev–Trinajstić information content (AvgIpc) is 3.55. The summed E-state index contributed by atoms with van der Waals surface area (Å²) in [7, 11) is 3.27. The second-order valence-electron chi connectivity index (χ2n) is 7.32. The summed E-state index contributed by atoms with van der Waals surface area (Å²) in [4.78, 5) is 42.9. The normalized spacial score (nSPS) is 18.2. The standard InChI is InChI=1S/C22H26N4O4/c1-26(2)22(29)17(14-15-8-4-3-5-9-15)25-21(28)19-18(30-19)20(27)24-13-11-16-10-6-7-12-23-16/h3-10,12,17-19H,11,13-14H2,1-2H3,(H,24,27)(H,25,28)/t17-,18-,19-/m1/s1. The highest BCUT2D eigenvalue weighted by molar-refractivity contribution is 5.97. The van der Waals surface area contributed by atoms with Gasteiger partial charge in [-0.05, 0) is 17.7 Å². The Bertz CT molecular complexity index is 873. The van der Waals surface area contributed by atoms with Crippen molar-refractivity contribution in [3.63, 3.8) is 0 Å². The Morgan fingerprint density at radius 1 is 1.03 bits per heavy atom. The van der Waals surface area contributed by atoms with Crippen LogP contribution in [0.3, 0.4) is 0 Å². The van der Waals surface area contributed by atoms with Gasteiger partial charge in [-0.3, -0.25) is 19.4 Å². The summed E-state index contributed by atoms with van der Waals surface area (Å²) < 4.78 is 5.27. The van der Waals surface area contributed by atoms with Gasteiger partial charge in [-0.2, -0.15) is 0 Å². The van der Waals surface area contributed by atoms with E-state index in [4.69, 9.17) is 4.74 Å². The zero-order valence-corrected chi connectivity index (χ0v) is 17.1. The van der Waals surface area contributed by atoms with E-state index >= 15 is 0 Å². The third-order valence-electron chi connectivity index (χ3n) is 4.75. The van der Waals surface area contributed by atoms with E-state index in [9.17, 15) is 14.4 Å². The maximum Gasteiger partial charge on any atom is 0.253 e. The molecular formula is C22H26N4O4. The van der Waals surface area contributed by atoms with E-state index in [0.29, 0.717) is 19.4 Å². The number of likely N-dealkylation sites (N-methyl/N-ethyl adjacent to an activating group) is 1. The molecule has 1 aliphatic heterocycles. The molecule has 0 saturated carbocycles. The maximum atomic E-state index is 12.5. The molecule has 3 rings (SSSR count). The molecule has 1 aromatic heterocycles. The predicted molar refractivity (Wildman–Crippen MR) is 110 cm³/mol. The van der Waals surface area contributed by atoms with Gasteiger partial charge >= 0.3 is 0 Å². The van der Waals surface area contributed by atoms with Crippen LogP contribution in [-0.2, 0) is 32.0 Å². The third-order valence-corrected chi connectivity index (χ3v) is 4.75. The number of hydrogen-bond acceptors (Lipinski definition) is 5. The SMILES string of the molecule is CN(C)C(=O)[C@@H](Cc1ccccc1)NC(=O)[C@@H]1O[C@H]1C(=O)NCCc1ccccn1. The van der Waals surface area contributed by atoms with Gasteiger partial charge in [0.25, 0.3) is 11.8 Å². The van der Waals surface area contributed by atoms with E-state index in [1.165, 1.54) is 4.90 Å².